The van der Waals surface area contributed by atoms with Gasteiger partial charge in [-0.15, -0.1) is 0 Å². The first-order valence-corrected chi connectivity index (χ1v) is 11.5. The van der Waals surface area contributed by atoms with Crippen molar-refractivity contribution in [2.24, 2.45) is 17.3 Å². The second-order valence-electron chi connectivity index (χ2n) is 9.65. The van der Waals surface area contributed by atoms with Crippen LogP contribution in [0.2, 0.25) is 0 Å². The Morgan fingerprint density at radius 2 is 2.00 bits per heavy atom. The summed E-state index contributed by atoms with van der Waals surface area (Å²) in [6.07, 6.45) is 10.2. The highest BCUT2D eigenvalue weighted by Crippen LogP contribution is 2.65. The SMILES string of the molecule is O=C(CC12CC3CC(CC(Br)(C3)C1)C2)NCc1cccnc1N1CCOCC1. The number of hydrogen-bond donors (Lipinski definition) is 1. The number of nitrogens with one attached hydrogen (secondary N) is 1. The van der Waals surface area contributed by atoms with Gasteiger partial charge in [-0.05, 0) is 61.8 Å². The maximum atomic E-state index is 12.9. The Morgan fingerprint density at radius 1 is 1.25 bits per heavy atom. The fourth-order valence-electron chi connectivity index (χ4n) is 6.77. The van der Waals surface area contributed by atoms with Crippen molar-refractivity contribution >= 4 is 27.7 Å². The van der Waals surface area contributed by atoms with Crippen molar-refractivity contribution < 1.29 is 9.53 Å². The molecule has 1 N–H and O–H groups in total. The second-order valence-corrected chi connectivity index (χ2v) is 11.3. The normalized spacial score (nSPS) is 36.5. The third kappa shape index (κ3) is 3.70. The molecule has 28 heavy (non-hydrogen) atoms. The number of anilines is 1. The minimum Gasteiger partial charge on any atom is -0.378 e. The summed E-state index contributed by atoms with van der Waals surface area (Å²) in [7, 11) is 0. The maximum Gasteiger partial charge on any atom is 0.220 e. The number of rotatable bonds is 5. The number of morpholine rings is 1. The largest absolute Gasteiger partial charge is 0.378 e. The van der Waals surface area contributed by atoms with E-state index in [1.165, 1.54) is 38.5 Å². The van der Waals surface area contributed by atoms with E-state index in [9.17, 15) is 4.79 Å². The molecule has 6 heteroatoms. The molecule has 2 atom stereocenters. The zero-order valence-electron chi connectivity index (χ0n) is 16.5. The number of halogens is 1. The van der Waals surface area contributed by atoms with Crippen LogP contribution in [0.15, 0.2) is 18.3 Å². The van der Waals surface area contributed by atoms with Crippen molar-refractivity contribution in [3.63, 3.8) is 0 Å². The van der Waals surface area contributed by atoms with Crippen molar-refractivity contribution in [1.82, 2.24) is 10.3 Å². The van der Waals surface area contributed by atoms with Gasteiger partial charge in [0.15, 0.2) is 0 Å². The number of amides is 1. The van der Waals surface area contributed by atoms with Gasteiger partial charge in [-0.3, -0.25) is 4.79 Å². The van der Waals surface area contributed by atoms with Gasteiger partial charge in [-0.1, -0.05) is 22.0 Å². The monoisotopic (exact) mass is 447 g/mol. The van der Waals surface area contributed by atoms with Crippen LogP contribution in [0.1, 0.15) is 50.5 Å². The van der Waals surface area contributed by atoms with E-state index in [1.807, 2.05) is 12.3 Å². The van der Waals surface area contributed by atoms with Crippen LogP contribution < -0.4 is 10.2 Å². The Hall–Kier alpha value is -1.14. The maximum absolute atomic E-state index is 12.9. The highest BCUT2D eigenvalue weighted by Gasteiger charge is 2.57. The number of ether oxygens (including phenoxy) is 1. The minimum absolute atomic E-state index is 0.204. The Morgan fingerprint density at radius 3 is 2.71 bits per heavy atom. The molecule has 4 aliphatic carbocycles. The molecule has 0 radical (unpaired) electrons. The van der Waals surface area contributed by atoms with Gasteiger partial charge < -0.3 is 15.0 Å². The van der Waals surface area contributed by atoms with Crippen molar-refractivity contribution in [1.29, 1.82) is 0 Å². The van der Waals surface area contributed by atoms with Crippen molar-refractivity contribution in [3.05, 3.63) is 23.9 Å². The van der Waals surface area contributed by atoms with Gasteiger partial charge in [0.2, 0.25) is 5.91 Å². The molecule has 1 aromatic rings. The van der Waals surface area contributed by atoms with Crippen LogP contribution in [-0.4, -0.2) is 41.5 Å². The standard InChI is InChI=1S/C22H30BrN3O2/c23-22-11-16-8-17(12-22)10-21(9-16,15-22)13-19(27)25-14-18-2-1-3-24-20(18)26-4-6-28-7-5-26/h1-3,16-17H,4-15H2,(H,25,27). The molecule has 6 rings (SSSR count). The molecule has 2 unspecified atom stereocenters. The highest BCUT2D eigenvalue weighted by molar-refractivity contribution is 9.10. The first-order chi connectivity index (χ1) is 13.5. The van der Waals surface area contributed by atoms with E-state index in [0.29, 0.717) is 17.3 Å². The van der Waals surface area contributed by atoms with Gasteiger partial charge >= 0.3 is 0 Å². The topological polar surface area (TPSA) is 54.5 Å². The van der Waals surface area contributed by atoms with Crippen LogP contribution in [0, 0.1) is 17.3 Å². The Balaban J connectivity index is 1.23. The molecule has 4 bridgehead atoms. The van der Waals surface area contributed by atoms with Crippen molar-refractivity contribution in [3.8, 4) is 0 Å². The fourth-order valence-corrected chi connectivity index (χ4v) is 8.28. The van der Waals surface area contributed by atoms with Gasteiger partial charge in [0.05, 0.1) is 13.2 Å². The molecule has 2 heterocycles. The molecule has 1 amide bonds. The Labute approximate surface area is 175 Å². The highest BCUT2D eigenvalue weighted by atomic mass is 79.9. The third-order valence-electron chi connectivity index (χ3n) is 7.30. The summed E-state index contributed by atoms with van der Waals surface area (Å²) in [5, 5.41) is 3.21. The molecule has 4 saturated carbocycles. The van der Waals surface area contributed by atoms with E-state index in [4.69, 9.17) is 4.74 Å². The summed E-state index contributed by atoms with van der Waals surface area (Å²) < 4.78 is 5.77. The van der Waals surface area contributed by atoms with Crippen molar-refractivity contribution in [2.75, 3.05) is 31.2 Å². The van der Waals surface area contributed by atoms with E-state index < -0.39 is 0 Å². The number of carbonyl (C=O) groups is 1. The van der Waals surface area contributed by atoms with Crippen LogP contribution in [-0.2, 0) is 16.1 Å². The Kier molecular flexibility index (Phi) is 4.90. The second kappa shape index (κ2) is 7.28. The molecule has 0 spiro atoms. The lowest BCUT2D eigenvalue weighted by Crippen LogP contribution is -2.54. The molecule has 5 nitrogen and oxygen atoms in total. The molecule has 152 valence electrons. The van der Waals surface area contributed by atoms with E-state index in [2.05, 4.69) is 37.2 Å². The first-order valence-electron chi connectivity index (χ1n) is 10.7. The number of alkyl halides is 1. The predicted octanol–water partition coefficient (Wildman–Crippen LogP) is 3.66. The van der Waals surface area contributed by atoms with Crippen LogP contribution in [0.25, 0.3) is 0 Å². The van der Waals surface area contributed by atoms with Gasteiger partial charge in [0.1, 0.15) is 5.82 Å². The quantitative estimate of drug-likeness (QED) is 0.699. The van der Waals surface area contributed by atoms with Gasteiger partial charge in [0.25, 0.3) is 0 Å². The van der Waals surface area contributed by atoms with E-state index in [-0.39, 0.29) is 11.3 Å². The summed E-state index contributed by atoms with van der Waals surface area (Å²) in [5.41, 5.74) is 1.32. The van der Waals surface area contributed by atoms with Gasteiger partial charge in [0, 0.05) is 42.1 Å². The fraction of sp³-hybridized carbons (Fsp3) is 0.727. The minimum atomic E-state index is 0.204. The summed E-state index contributed by atoms with van der Waals surface area (Å²) in [6.45, 7) is 3.75. The van der Waals surface area contributed by atoms with Crippen LogP contribution in [0.4, 0.5) is 5.82 Å². The van der Waals surface area contributed by atoms with E-state index in [0.717, 1.165) is 49.5 Å². The first kappa shape index (κ1) is 18.9. The van der Waals surface area contributed by atoms with E-state index in [1.54, 1.807) is 0 Å². The number of carbonyl (C=O) groups excluding carboxylic acids is 1. The summed E-state index contributed by atoms with van der Waals surface area (Å²) >= 11 is 4.06. The number of aromatic nitrogens is 1. The molecular weight excluding hydrogens is 418 g/mol. The molecule has 0 aromatic carbocycles. The van der Waals surface area contributed by atoms with Crippen molar-refractivity contribution in [2.45, 2.75) is 55.8 Å². The van der Waals surface area contributed by atoms with E-state index >= 15 is 0 Å². The molecule has 5 fully saturated rings. The number of pyridine rings is 1. The van der Waals surface area contributed by atoms with Gasteiger partial charge in [-0.25, -0.2) is 4.98 Å². The zero-order chi connectivity index (χ0) is 19.2. The molecule has 1 aliphatic heterocycles. The molecule has 1 saturated heterocycles. The molecule has 1 aromatic heterocycles. The summed E-state index contributed by atoms with van der Waals surface area (Å²) in [6, 6.07) is 4.04. The van der Waals surface area contributed by atoms with Crippen LogP contribution in [0.5, 0.6) is 0 Å². The molecular formula is C22H30BrN3O2. The van der Waals surface area contributed by atoms with Crippen LogP contribution >= 0.6 is 15.9 Å². The number of nitrogens with zero attached hydrogens (tertiary/aromatic N) is 2. The lowest BCUT2D eigenvalue weighted by molar-refractivity contribution is -0.128. The smallest absolute Gasteiger partial charge is 0.220 e. The zero-order valence-corrected chi connectivity index (χ0v) is 18.0. The van der Waals surface area contributed by atoms with Crippen LogP contribution in [0.3, 0.4) is 0 Å². The summed E-state index contributed by atoms with van der Waals surface area (Å²) in [5.74, 6) is 2.83. The predicted molar refractivity (Wildman–Crippen MR) is 113 cm³/mol. The average Bonchev–Trinajstić information content (AvgIpc) is 2.65. The number of hydrogen-bond acceptors (Lipinski definition) is 4. The third-order valence-corrected chi connectivity index (χ3v) is 8.23. The average molecular weight is 448 g/mol. The summed E-state index contributed by atoms with van der Waals surface area (Å²) in [4.78, 5) is 19.8. The van der Waals surface area contributed by atoms with Gasteiger partial charge in [-0.2, -0.15) is 0 Å². The lowest BCUT2D eigenvalue weighted by atomic mass is 9.48. The lowest BCUT2D eigenvalue weighted by Gasteiger charge is -2.60. The molecule has 5 aliphatic rings. The Bertz CT molecular complexity index is 735.